The van der Waals surface area contributed by atoms with Crippen LogP contribution in [0.4, 0.5) is 0 Å². The number of nitrogens with zero attached hydrogens (tertiary/aromatic N) is 1. The van der Waals surface area contributed by atoms with Crippen molar-refractivity contribution >= 4 is 31.4 Å². The molecule has 2 heterocycles. The first-order valence-corrected chi connectivity index (χ1v) is 12.7. The summed E-state index contributed by atoms with van der Waals surface area (Å²) in [5, 5.41) is -0.683. The second-order valence-corrected chi connectivity index (χ2v) is 11.8. The molecule has 136 valence electrons. The highest BCUT2D eigenvalue weighted by molar-refractivity contribution is 14.1. The maximum atomic E-state index is 12.5. The zero-order valence-electron chi connectivity index (χ0n) is 15.2. The van der Waals surface area contributed by atoms with E-state index in [4.69, 9.17) is 9.47 Å². The molecule has 0 aliphatic carbocycles. The van der Waals surface area contributed by atoms with E-state index < -0.39 is 19.8 Å². The molecule has 1 aromatic rings. The predicted molar refractivity (Wildman–Crippen MR) is 106 cm³/mol. The van der Waals surface area contributed by atoms with Gasteiger partial charge in [-0.15, -0.1) is 0 Å². The van der Waals surface area contributed by atoms with Crippen LogP contribution >= 0.6 is 22.6 Å². The van der Waals surface area contributed by atoms with E-state index in [0.717, 1.165) is 4.43 Å². The average Bonchev–Trinajstić information content (AvgIpc) is 2.80. The SMILES string of the molecule is Cc1cn([C@@]2([SiH](C)C)C[C@H](OC(C)(C)C)[C@@H](CI)O2)c(=O)[nH]c1=O. The molecule has 1 N–H and O–H groups in total. The van der Waals surface area contributed by atoms with Gasteiger partial charge in [0.25, 0.3) is 5.56 Å². The molecule has 1 aliphatic heterocycles. The Kier molecular flexibility index (Phi) is 5.83. The minimum absolute atomic E-state index is 0.0705. The Bertz CT molecular complexity index is 709. The molecule has 8 heteroatoms. The number of H-pyrrole nitrogens is 1. The quantitative estimate of drug-likeness (QED) is 0.418. The normalized spacial score (nSPS) is 27.8. The number of aromatic amines is 1. The summed E-state index contributed by atoms with van der Waals surface area (Å²) in [5.74, 6) is 0. The predicted octanol–water partition coefficient (Wildman–Crippen LogP) is 1.93. The molecular weight excluding hydrogens is 439 g/mol. The van der Waals surface area contributed by atoms with Crippen molar-refractivity contribution in [3.05, 3.63) is 32.6 Å². The Morgan fingerprint density at radius 2 is 2.08 bits per heavy atom. The summed E-state index contributed by atoms with van der Waals surface area (Å²) in [5.41, 5.74) is -0.518. The molecule has 0 radical (unpaired) electrons. The van der Waals surface area contributed by atoms with Crippen LogP contribution in [0.15, 0.2) is 15.8 Å². The van der Waals surface area contributed by atoms with Crippen LogP contribution in [0.25, 0.3) is 0 Å². The fraction of sp³-hybridized carbons (Fsp3) is 0.750. The van der Waals surface area contributed by atoms with Crippen LogP contribution in [-0.2, 0) is 14.8 Å². The van der Waals surface area contributed by atoms with Gasteiger partial charge in [0.2, 0.25) is 0 Å². The number of hydrogen-bond donors (Lipinski definition) is 1. The van der Waals surface area contributed by atoms with Gasteiger partial charge in [0, 0.05) is 22.6 Å². The number of aryl methyl sites for hydroxylation is 1. The Morgan fingerprint density at radius 3 is 2.58 bits per heavy atom. The van der Waals surface area contributed by atoms with Crippen LogP contribution in [0.2, 0.25) is 13.1 Å². The molecule has 1 aromatic heterocycles. The van der Waals surface area contributed by atoms with Crippen LogP contribution in [0.5, 0.6) is 0 Å². The third-order valence-electron chi connectivity index (χ3n) is 4.35. The number of hydrogen-bond acceptors (Lipinski definition) is 4. The second kappa shape index (κ2) is 7.04. The van der Waals surface area contributed by atoms with E-state index >= 15 is 0 Å². The molecule has 1 fully saturated rings. The standard InChI is InChI=1S/C16H27IN2O4Si/c1-10-9-19(14(21)18-13(10)20)16(24(5)6)7-11(12(8-17)23-16)22-15(2,3)4/h9,11-12,24H,7-8H2,1-6H3,(H,18,20,21)/t11-,12+,16-/m0/s1. The van der Waals surface area contributed by atoms with Gasteiger partial charge in [-0.05, 0) is 27.7 Å². The Morgan fingerprint density at radius 1 is 1.46 bits per heavy atom. The smallest absolute Gasteiger partial charge is 0.330 e. The molecule has 6 nitrogen and oxygen atoms in total. The van der Waals surface area contributed by atoms with Crippen molar-refractivity contribution in [2.75, 3.05) is 4.43 Å². The van der Waals surface area contributed by atoms with Crippen molar-refractivity contribution in [1.29, 1.82) is 0 Å². The first kappa shape index (κ1) is 19.9. The van der Waals surface area contributed by atoms with E-state index in [1.165, 1.54) is 0 Å². The van der Waals surface area contributed by atoms with Crippen molar-refractivity contribution in [3.8, 4) is 0 Å². The summed E-state index contributed by atoms with van der Waals surface area (Å²) >= 11 is 2.30. The second-order valence-electron chi connectivity index (χ2n) is 7.72. The first-order chi connectivity index (χ1) is 11.0. The van der Waals surface area contributed by atoms with Crippen molar-refractivity contribution in [1.82, 2.24) is 9.55 Å². The van der Waals surface area contributed by atoms with Crippen LogP contribution in [-0.4, -0.2) is 40.6 Å². The summed E-state index contributed by atoms with van der Waals surface area (Å²) < 4.78 is 15.1. The first-order valence-electron chi connectivity index (χ1n) is 8.25. The highest BCUT2D eigenvalue weighted by Gasteiger charge is 2.51. The molecule has 0 spiro atoms. The Hall–Kier alpha value is -0.453. The topological polar surface area (TPSA) is 73.3 Å². The molecule has 1 saturated heterocycles. The van der Waals surface area contributed by atoms with E-state index in [2.05, 4.69) is 40.7 Å². The molecular formula is C16H27IN2O4Si. The summed E-state index contributed by atoms with van der Waals surface area (Å²) in [4.78, 5) is 26.6. The average molecular weight is 466 g/mol. The molecule has 0 unspecified atom stereocenters. The third kappa shape index (κ3) is 3.86. The minimum atomic E-state index is -1.47. The largest absolute Gasteiger partial charge is 0.370 e. The molecule has 0 amide bonds. The number of aromatic nitrogens is 2. The molecule has 0 aromatic carbocycles. The van der Waals surface area contributed by atoms with Crippen molar-refractivity contribution in [2.45, 2.75) is 70.4 Å². The van der Waals surface area contributed by atoms with Gasteiger partial charge in [-0.2, -0.15) is 0 Å². The number of nitrogens with one attached hydrogen (secondary N) is 1. The Labute approximate surface area is 157 Å². The molecule has 0 saturated carbocycles. The summed E-state index contributed by atoms with van der Waals surface area (Å²) in [6.45, 7) is 12.1. The maximum absolute atomic E-state index is 12.5. The Balaban J connectivity index is 2.52. The van der Waals surface area contributed by atoms with Crippen molar-refractivity contribution in [2.24, 2.45) is 0 Å². The highest BCUT2D eigenvalue weighted by Crippen LogP contribution is 2.40. The van der Waals surface area contributed by atoms with Gasteiger partial charge >= 0.3 is 5.69 Å². The zero-order valence-corrected chi connectivity index (χ0v) is 18.5. The van der Waals surface area contributed by atoms with Crippen LogP contribution in [0.3, 0.4) is 0 Å². The van der Waals surface area contributed by atoms with E-state index in [0.29, 0.717) is 12.0 Å². The van der Waals surface area contributed by atoms with Gasteiger partial charge in [0.15, 0.2) is 0 Å². The number of rotatable bonds is 4. The lowest BCUT2D eigenvalue weighted by Gasteiger charge is -2.34. The zero-order chi connectivity index (χ0) is 18.3. The number of halogens is 1. The van der Waals surface area contributed by atoms with Gasteiger partial charge in [0.05, 0.1) is 26.6 Å². The fourth-order valence-electron chi connectivity index (χ4n) is 3.16. The molecule has 3 atom stereocenters. The summed E-state index contributed by atoms with van der Waals surface area (Å²) in [7, 11) is -1.47. The van der Waals surface area contributed by atoms with E-state index in [9.17, 15) is 9.59 Å². The van der Waals surface area contributed by atoms with E-state index in [-0.39, 0.29) is 23.4 Å². The minimum Gasteiger partial charge on any atom is -0.370 e. The van der Waals surface area contributed by atoms with Gasteiger partial charge in [0.1, 0.15) is 5.35 Å². The third-order valence-corrected chi connectivity index (χ3v) is 7.67. The fourth-order valence-corrected chi connectivity index (χ4v) is 5.81. The van der Waals surface area contributed by atoms with E-state index in [1.54, 1.807) is 17.7 Å². The van der Waals surface area contributed by atoms with Gasteiger partial charge in [-0.3, -0.25) is 14.3 Å². The van der Waals surface area contributed by atoms with Crippen molar-refractivity contribution < 1.29 is 9.47 Å². The molecule has 0 bridgehead atoms. The molecule has 2 rings (SSSR count). The van der Waals surface area contributed by atoms with E-state index in [1.807, 2.05) is 20.8 Å². The summed E-state index contributed by atoms with van der Waals surface area (Å²) in [6, 6.07) is 0. The lowest BCUT2D eigenvalue weighted by Crippen LogP contribution is -2.52. The monoisotopic (exact) mass is 466 g/mol. The highest BCUT2D eigenvalue weighted by atomic mass is 127. The molecule has 1 aliphatic rings. The number of alkyl halides is 1. The summed E-state index contributed by atoms with van der Waals surface area (Å²) in [6.07, 6.45) is 2.13. The van der Waals surface area contributed by atoms with Gasteiger partial charge in [-0.1, -0.05) is 35.7 Å². The van der Waals surface area contributed by atoms with Gasteiger partial charge < -0.3 is 9.47 Å². The number of ether oxygens (including phenoxy) is 2. The maximum Gasteiger partial charge on any atom is 0.330 e. The lowest BCUT2D eigenvalue weighted by atomic mass is 10.1. The van der Waals surface area contributed by atoms with Gasteiger partial charge in [-0.25, -0.2) is 4.79 Å². The van der Waals surface area contributed by atoms with Crippen LogP contribution < -0.4 is 11.2 Å². The lowest BCUT2D eigenvalue weighted by molar-refractivity contribution is -0.0906. The molecule has 24 heavy (non-hydrogen) atoms. The van der Waals surface area contributed by atoms with Crippen molar-refractivity contribution in [3.63, 3.8) is 0 Å². The van der Waals surface area contributed by atoms with Crippen LogP contribution in [0, 0.1) is 6.92 Å². The van der Waals surface area contributed by atoms with Crippen LogP contribution in [0.1, 0.15) is 32.8 Å².